The summed E-state index contributed by atoms with van der Waals surface area (Å²) in [6, 6.07) is 8.07. The van der Waals surface area contributed by atoms with Gasteiger partial charge in [0.05, 0.1) is 6.42 Å². The van der Waals surface area contributed by atoms with Crippen LogP contribution in [-0.4, -0.2) is 36.5 Å². The van der Waals surface area contributed by atoms with Crippen molar-refractivity contribution in [3.63, 3.8) is 0 Å². The number of rotatable bonds is 6. The lowest BCUT2D eigenvalue weighted by Gasteiger charge is -2.21. The molecule has 0 radical (unpaired) electrons. The molecule has 1 aromatic rings. The molecule has 4 heteroatoms. The minimum absolute atomic E-state index is 0.0811. The standard InChI is InChI=1S/C16H25N3O/c1-13(12-19-8-4-5-9-19)18-16(20)10-14-6-2-3-7-15(14)11-17/h2-3,6-7,13H,4-5,8-12,17H2,1H3,(H,18,20). The number of nitrogens with one attached hydrogen (secondary N) is 1. The van der Waals surface area contributed by atoms with Crippen LogP contribution in [0.4, 0.5) is 0 Å². The highest BCUT2D eigenvalue weighted by molar-refractivity contribution is 5.79. The Morgan fingerprint density at radius 2 is 1.95 bits per heavy atom. The third-order valence-corrected chi connectivity index (χ3v) is 3.83. The van der Waals surface area contributed by atoms with Gasteiger partial charge in [-0.15, -0.1) is 0 Å². The van der Waals surface area contributed by atoms with Crippen LogP contribution in [0.5, 0.6) is 0 Å². The van der Waals surface area contributed by atoms with Crippen LogP contribution in [-0.2, 0) is 17.8 Å². The zero-order valence-corrected chi connectivity index (χ0v) is 12.3. The smallest absolute Gasteiger partial charge is 0.224 e. The first-order valence-electron chi connectivity index (χ1n) is 7.47. The van der Waals surface area contributed by atoms with Crippen molar-refractivity contribution in [3.8, 4) is 0 Å². The normalized spacial score (nSPS) is 17.1. The van der Waals surface area contributed by atoms with Crippen molar-refractivity contribution in [2.24, 2.45) is 5.73 Å². The van der Waals surface area contributed by atoms with E-state index in [9.17, 15) is 4.79 Å². The zero-order chi connectivity index (χ0) is 14.4. The van der Waals surface area contributed by atoms with Gasteiger partial charge in [0.25, 0.3) is 0 Å². The van der Waals surface area contributed by atoms with Gasteiger partial charge in [-0.3, -0.25) is 4.79 Å². The SMILES string of the molecule is CC(CN1CCCC1)NC(=O)Cc1ccccc1CN. The van der Waals surface area contributed by atoms with Crippen LogP contribution in [0, 0.1) is 0 Å². The van der Waals surface area contributed by atoms with Gasteiger partial charge in [-0.1, -0.05) is 24.3 Å². The molecule has 1 amide bonds. The Morgan fingerprint density at radius 1 is 1.30 bits per heavy atom. The Kier molecular flexibility index (Phi) is 5.56. The molecule has 1 atom stereocenters. The van der Waals surface area contributed by atoms with Crippen LogP contribution < -0.4 is 11.1 Å². The summed E-state index contributed by atoms with van der Waals surface area (Å²) < 4.78 is 0. The first-order valence-corrected chi connectivity index (χ1v) is 7.47. The molecular formula is C16H25N3O. The Hall–Kier alpha value is -1.39. The molecule has 2 rings (SSSR count). The summed E-state index contributed by atoms with van der Waals surface area (Å²) in [5.41, 5.74) is 7.78. The predicted molar refractivity (Wildman–Crippen MR) is 81.3 cm³/mol. The van der Waals surface area contributed by atoms with E-state index in [2.05, 4.69) is 17.1 Å². The van der Waals surface area contributed by atoms with Crippen molar-refractivity contribution < 1.29 is 4.79 Å². The molecule has 0 spiro atoms. The van der Waals surface area contributed by atoms with E-state index in [1.165, 1.54) is 12.8 Å². The van der Waals surface area contributed by atoms with Gasteiger partial charge < -0.3 is 16.0 Å². The van der Waals surface area contributed by atoms with E-state index in [0.717, 1.165) is 30.8 Å². The number of hydrogen-bond acceptors (Lipinski definition) is 3. The summed E-state index contributed by atoms with van der Waals surface area (Å²) in [7, 11) is 0. The van der Waals surface area contributed by atoms with Crippen LogP contribution in [0.2, 0.25) is 0 Å². The summed E-state index contributed by atoms with van der Waals surface area (Å²) in [5.74, 6) is 0.0811. The number of nitrogens with zero attached hydrogens (tertiary/aromatic N) is 1. The van der Waals surface area contributed by atoms with E-state index in [-0.39, 0.29) is 11.9 Å². The first kappa shape index (κ1) is 15.0. The maximum absolute atomic E-state index is 12.1. The highest BCUT2D eigenvalue weighted by Gasteiger charge is 2.16. The molecule has 1 aromatic carbocycles. The van der Waals surface area contributed by atoms with Gasteiger partial charge in [-0.05, 0) is 44.0 Å². The van der Waals surface area contributed by atoms with Gasteiger partial charge in [0.2, 0.25) is 5.91 Å². The van der Waals surface area contributed by atoms with Gasteiger partial charge in [0.15, 0.2) is 0 Å². The van der Waals surface area contributed by atoms with E-state index in [4.69, 9.17) is 5.73 Å². The minimum atomic E-state index is 0.0811. The molecular weight excluding hydrogens is 250 g/mol. The number of amides is 1. The van der Waals surface area contributed by atoms with Crippen molar-refractivity contribution in [1.82, 2.24) is 10.2 Å². The van der Waals surface area contributed by atoms with Crippen molar-refractivity contribution in [2.45, 2.75) is 38.8 Å². The zero-order valence-electron chi connectivity index (χ0n) is 12.3. The molecule has 1 aliphatic heterocycles. The van der Waals surface area contributed by atoms with Gasteiger partial charge in [0.1, 0.15) is 0 Å². The lowest BCUT2D eigenvalue weighted by atomic mass is 10.0. The molecule has 1 fully saturated rings. The van der Waals surface area contributed by atoms with Crippen LogP contribution >= 0.6 is 0 Å². The number of carbonyl (C=O) groups excluding carboxylic acids is 1. The second-order valence-electron chi connectivity index (χ2n) is 5.63. The predicted octanol–water partition coefficient (Wildman–Crippen LogP) is 1.29. The van der Waals surface area contributed by atoms with Crippen LogP contribution in [0.15, 0.2) is 24.3 Å². The quantitative estimate of drug-likeness (QED) is 0.822. The summed E-state index contributed by atoms with van der Waals surface area (Å²) in [5, 5.41) is 3.09. The Morgan fingerprint density at radius 3 is 2.60 bits per heavy atom. The van der Waals surface area contributed by atoms with E-state index in [0.29, 0.717) is 13.0 Å². The number of hydrogen-bond donors (Lipinski definition) is 2. The van der Waals surface area contributed by atoms with Crippen LogP contribution in [0.3, 0.4) is 0 Å². The fourth-order valence-corrected chi connectivity index (χ4v) is 2.83. The highest BCUT2D eigenvalue weighted by Crippen LogP contribution is 2.10. The molecule has 0 bridgehead atoms. The Bertz CT molecular complexity index is 441. The molecule has 0 saturated carbocycles. The Balaban J connectivity index is 1.82. The minimum Gasteiger partial charge on any atom is -0.352 e. The van der Waals surface area contributed by atoms with Crippen LogP contribution in [0.1, 0.15) is 30.9 Å². The molecule has 0 aromatic heterocycles. The van der Waals surface area contributed by atoms with Gasteiger partial charge >= 0.3 is 0 Å². The summed E-state index contributed by atoms with van der Waals surface area (Å²) >= 11 is 0. The average molecular weight is 275 g/mol. The molecule has 0 aliphatic carbocycles. The maximum atomic E-state index is 12.1. The van der Waals surface area contributed by atoms with E-state index < -0.39 is 0 Å². The topological polar surface area (TPSA) is 58.4 Å². The highest BCUT2D eigenvalue weighted by atomic mass is 16.1. The molecule has 1 unspecified atom stereocenters. The molecule has 20 heavy (non-hydrogen) atoms. The number of benzene rings is 1. The van der Waals surface area contributed by atoms with Gasteiger partial charge in [-0.2, -0.15) is 0 Å². The monoisotopic (exact) mass is 275 g/mol. The third-order valence-electron chi connectivity index (χ3n) is 3.83. The second kappa shape index (κ2) is 7.41. The number of nitrogens with two attached hydrogens (primary N) is 1. The summed E-state index contributed by atoms with van der Waals surface area (Å²) in [4.78, 5) is 14.5. The largest absolute Gasteiger partial charge is 0.352 e. The van der Waals surface area contributed by atoms with Gasteiger partial charge in [0, 0.05) is 19.1 Å². The summed E-state index contributed by atoms with van der Waals surface area (Å²) in [6.07, 6.45) is 2.98. The summed E-state index contributed by atoms with van der Waals surface area (Å²) in [6.45, 7) is 5.83. The fourth-order valence-electron chi connectivity index (χ4n) is 2.83. The number of likely N-dealkylation sites (tertiary alicyclic amines) is 1. The second-order valence-corrected chi connectivity index (χ2v) is 5.63. The Labute approximate surface area is 121 Å². The van der Waals surface area contributed by atoms with E-state index in [1.807, 2.05) is 24.3 Å². The van der Waals surface area contributed by atoms with Gasteiger partial charge in [-0.25, -0.2) is 0 Å². The average Bonchev–Trinajstić information content (AvgIpc) is 2.91. The van der Waals surface area contributed by atoms with Crippen molar-refractivity contribution in [1.29, 1.82) is 0 Å². The molecule has 110 valence electrons. The lowest BCUT2D eigenvalue weighted by Crippen LogP contribution is -2.41. The van der Waals surface area contributed by atoms with Crippen LogP contribution in [0.25, 0.3) is 0 Å². The van der Waals surface area contributed by atoms with E-state index in [1.54, 1.807) is 0 Å². The first-order chi connectivity index (χ1) is 9.69. The number of carbonyl (C=O) groups is 1. The lowest BCUT2D eigenvalue weighted by molar-refractivity contribution is -0.121. The van der Waals surface area contributed by atoms with E-state index >= 15 is 0 Å². The molecule has 3 N–H and O–H groups in total. The molecule has 1 heterocycles. The van der Waals surface area contributed by atoms with Crippen molar-refractivity contribution in [2.75, 3.05) is 19.6 Å². The molecule has 1 aliphatic rings. The van der Waals surface area contributed by atoms with Crippen molar-refractivity contribution >= 4 is 5.91 Å². The van der Waals surface area contributed by atoms with Crippen molar-refractivity contribution in [3.05, 3.63) is 35.4 Å². The third kappa shape index (κ3) is 4.32. The molecule has 4 nitrogen and oxygen atoms in total. The maximum Gasteiger partial charge on any atom is 0.224 e. The molecule has 1 saturated heterocycles. The fraction of sp³-hybridized carbons (Fsp3) is 0.562.